The number of carbonyl (C=O) groups excluding carboxylic acids is 1. The van der Waals surface area contributed by atoms with Crippen molar-refractivity contribution in [2.75, 3.05) is 40.3 Å². The zero-order valence-corrected chi connectivity index (χ0v) is 15.5. The van der Waals surface area contributed by atoms with Crippen molar-refractivity contribution in [3.8, 4) is 0 Å². The van der Waals surface area contributed by atoms with Gasteiger partial charge in [-0.15, -0.1) is 0 Å². The van der Waals surface area contributed by atoms with Crippen LogP contribution >= 0.6 is 23.2 Å². The van der Waals surface area contributed by atoms with Gasteiger partial charge in [-0.3, -0.25) is 4.79 Å². The highest BCUT2D eigenvalue weighted by atomic mass is 35.5. The zero-order chi connectivity index (χ0) is 16.8. The molecule has 1 heterocycles. The normalized spacial score (nSPS) is 16.9. The van der Waals surface area contributed by atoms with Crippen LogP contribution in [0.15, 0.2) is 18.2 Å². The summed E-state index contributed by atoms with van der Waals surface area (Å²) in [5.74, 6) is 0.927. The third-order valence-electron chi connectivity index (χ3n) is 4.58. The summed E-state index contributed by atoms with van der Waals surface area (Å²) in [6.45, 7) is 4.18. The Labute approximate surface area is 149 Å². The Morgan fingerprint density at radius 2 is 1.96 bits per heavy atom. The summed E-state index contributed by atoms with van der Waals surface area (Å²) in [4.78, 5) is 16.9. The van der Waals surface area contributed by atoms with Gasteiger partial charge < -0.3 is 9.80 Å². The molecule has 0 saturated carbocycles. The van der Waals surface area contributed by atoms with E-state index >= 15 is 0 Å². The Morgan fingerprint density at radius 1 is 1.26 bits per heavy atom. The Hall–Kier alpha value is -0.610. The van der Waals surface area contributed by atoms with Crippen molar-refractivity contribution in [3.63, 3.8) is 0 Å². The summed E-state index contributed by atoms with van der Waals surface area (Å²) in [7, 11) is 4.26. The van der Waals surface area contributed by atoms with Crippen molar-refractivity contribution < 1.29 is 4.79 Å². The molecule has 1 fully saturated rings. The SMILES string of the molecule is CN(C)CCC1CCN(CCC(=O)c2ccc(Cl)cc2Cl)CC1. The average molecular weight is 357 g/mol. The van der Waals surface area contributed by atoms with Crippen LogP contribution in [0, 0.1) is 5.92 Å². The standard InChI is InChI=1S/C18H26Cl2N2O/c1-21(2)9-5-14-6-10-22(11-7-14)12-8-18(23)16-4-3-15(19)13-17(16)20/h3-4,13-14H,5-12H2,1-2H3. The first-order chi connectivity index (χ1) is 11.0. The fourth-order valence-corrected chi connectivity index (χ4v) is 3.56. The molecule has 1 aromatic rings. The van der Waals surface area contributed by atoms with E-state index in [1.807, 2.05) is 0 Å². The van der Waals surface area contributed by atoms with E-state index in [1.165, 1.54) is 19.3 Å². The maximum atomic E-state index is 12.3. The molecule has 1 aliphatic heterocycles. The number of piperidine rings is 1. The lowest BCUT2D eigenvalue weighted by Gasteiger charge is -2.32. The van der Waals surface area contributed by atoms with E-state index in [0.717, 1.165) is 32.1 Å². The predicted octanol–water partition coefficient (Wildman–Crippen LogP) is 4.23. The molecule has 0 amide bonds. The third-order valence-corrected chi connectivity index (χ3v) is 5.13. The van der Waals surface area contributed by atoms with Gasteiger partial charge >= 0.3 is 0 Å². The molecule has 0 aromatic heterocycles. The molecule has 23 heavy (non-hydrogen) atoms. The van der Waals surface area contributed by atoms with E-state index in [0.29, 0.717) is 22.0 Å². The van der Waals surface area contributed by atoms with E-state index in [4.69, 9.17) is 23.2 Å². The molecule has 3 nitrogen and oxygen atoms in total. The zero-order valence-electron chi connectivity index (χ0n) is 14.0. The second-order valence-electron chi connectivity index (χ2n) is 6.67. The lowest BCUT2D eigenvalue weighted by Crippen LogP contribution is -2.36. The quantitative estimate of drug-likeness (QED) is 0.683. The second kappa shape index (κ2) is 9.03. The second-order valence-corrected chi connectivity index (χ2v) is 7.52. The number of carbonyl (C=O) groups is 1. The molecular formula is C18H26Cl2N2O. The third kappa shape index (κ3) is 6.07. The van der Waals surface area contributed by atoms with Crippen LogP contribution in [0.3, 0.4) is 0 Å². The first-order valence-corrected chi connectivity index (χ1v) is 9.06. The van der Waals surface area contributed by atoms with E-state index in [9.17, 15) is 4.79 Å². The maximum Gasteiger partial charge on any atom is 0.165 e. The van der Waals surface area contributed by atoms with Gasteiger partial charge in [-0.2, -0.15) is 0 Å². The van der Waals surface area contributed by atoms with Crippen LogP contribution in [-0.2, 0) is 0 Å². The minimum absolute atomic E-state index is 0.0985. The summed E-state index contributed by atoms with van der Waals surface area (Å²) in [6.07, 6.45) is 4.28. The van der Waals surface area contributed by atoms with Crippen molar-refractivity contribution in [2.24, 2.45) is 5.92 Å². The first-order valence-electron chi connectivity index (χ1n) is 8.31. The summed E-state index contributed by atoms with van der Waals surface area (Å²) in [5.41, 5.74) is 0.580. The summed E-state index contributed by atoms with van der Waals surface area (Å²) < 4.78 is 0. The molecule has 1 aromatic carbocycles. The smallest absolute Gasteiger partial charge is 0.165 e. The molecular weight excluding hydrogens is 331 g/mol. The largest absolute Gasteiger partial charge is 0.309 e. The monoisotopic (exact) mass is 356 g/mol. The molecule has 5 heteroatoms. The topological polar surface area (TPSA) is 23.6 Å². The number of nitrogens with zero attached hydrogens (tertiary/aromatic N) is 2. The number of ketones is 1. The number of hydrogen-bond donors (Lipinski definition) is 0. The van der Waals surface area contributed by atoms with Crippen LogP contribution < -0.4 is 0 Å². The van der Waals surface area contributed by atoms with Gasteiger partial charge in [0.2, 0.25) is 0 Å². The number of rotatable bonds is 7. The molecule has 1 aliphatic rings. The highest BCUT2D eigenvalue weighted by Crippen LogP contribution is 2.23. The molecule has 0 radical (unpaired) electrons. The highest BCUT2D eigenvalue weighted by molar-refractivity contribution is 6.36. The van der Waals surface area contributed by atoms with Crippen molar-refractivity contribution in [3.05, 3.63) is 33.8 Å². The van der Waals surface area contributed by atoms with Gasteiger partial charge in [-0.25, -0.2) is 0 Å². The van der Waals surface area contributed by atoms with Crippen LogP contribution in [-0.4, -0.2) is 55.9 Å². The van der Waals surface area contributed by atoms with Gasteiger partial charge in [0.1, 0.15) is 0 Å². The molecule has 0 aliphatic carbocycles. The van der Waals surface area contributed by atoms with Crippen molar-refractivity contribution in [1.82, 2.24) is 9.80 Å². The van der Waals surface area contributed by atoms with Crippen LogP contribution in [0.5, 0.6) is 0 Å². The van der Waals surface area contributed by atoms with Gasteiger partial charge in [0.15, 0.2) is 5.78 Å². The van der Waals surface area contributed by atoms with Gasteiger partial charge in [0.05, 0.1) is 5.02 Å². The number of hydrogen-bond acceptors (Lipinski definition) is 3. The predicted molar refractivity (Wildman–Crippen MR) is 97.7 cm³/mol. The van der Waals surface area contributed by atoms with Crippen LogP contribution in [0.25, 0.3) is 0 Å². The molecule has 2 rings (SSSR count). The Bertz CT molecular complexity index is 526. The molecule has 1 saturated heterocycles. The molecule has 0 unspecified atom stereocenters. The molecule has 0 spiro atoms. The highest BCUT2D eigenvalue weighted by Gasteiger charge is 2.20. The molecule has 0 N–H and O–H groups in total. The van der Waals surface area contributed by atoms with E-state index in [1.54, 1.807) is 18.2 Å². The average Bonchev–Trinajstić information content (AvgIpc) is 2.51. The Kier molecular flexibility index (Phi) is 7.35. The first kappa shape index (κ1) is 18.7. The molecule has 0 atom stereocenters. The fourth-order valence-electron chi connectivity index (χ4n) is 3.05. The van der Waals surface area contributed by atoms with Crippen LogP contribution in [0.2, 0.25) is 10.0 Å². The van der Waals surface area contributed by atoms with Gasteiger partial charge in [0, 0.05) is 23.6 Å². The van der Waals surface area contributed by atoms with Crippen LogP contribution in [0.1, 0.15) is 36.0 Å². The number of likely N-dealkylation sites (tertiary alicyclic amines) is 1. The molecule has 128 valence electrons. The van der Waals surface area contributed by atoms with Crippen LogP contribution in [0.4, 0.5) is 0 Å². The Balaban J connectivity index is 1.73. The van der Waals surface area contributed by atoms with Gasteiger partial charge in [-0.05, 0) is 77.1 Å². The lowest BCUT2D eigenvalue weighted by molar-refractivity contribution is 0.0949. The minimum Gasteiger partial charge on any atom is -0.309 e. The van der Waals surface area contributed by atoms with E-state index < -0.39 is 0 Å². The minimum atomic E-state index is 0.0985. The maximum absolute atomic E-state index is 12.3. The number of halogens is 2. The number of benzene rings is 1. The summed E-state index contributed by atoms with van der Waals surface area (Å²) in [5, 5.41) is 1.01. The van der Waals surface area contributed by atoms with E-state index in [-0.39, 0.29) is 5.78 Å². The number of Topliss-reactive ketones (excluding diaryl/α,β-unsaturated/α-hetero) is 1. The van der Waals surface area contributed by atoms with Crippen molar-refractivity contribution in [1.29, 1.82) is 0 Å². The van der Waals surface area contributed by atoms with Gasteiger partial charge in [-0.1, -0.05) is 23.2 Å². The lowest BCUT2D eigenvalue weighted by atomic mass is 9.93. The fraction of sp³-hybridized carbons (Fsp3) is 0.611. The van der Waals surface area contributed by atoms with Gasteiger partial charge in [0.25, 0.3) is 0 Å². The van der Waals surface area contributed by atoms with Crippen molar-refractivity contribution in [2.45, 2.75) is 25.7 Å². The van der Waals surface area contributed by atoms with E-state index in [2.05, 4.69) is 23.9 Å². The Morgan fingerprint density at radius 3 is 2.57 bits per heavy atom. The summed E-state index contributed by atoms with van der Waals surface area (Å²) in [6, 6.07) is 5.07. The summed E-state index contributed by atoms with van der Waals surface area (Å²) >= 11 is 12.0. The molecule has 0 bridgehead atoms. The van der Waals surface area contributed by atoms with Crippen molar-refractivity contribution >= 4 is 29.0 Å².